The van der Waals surface area contributed by atoms with E-state index in [0.717, 1.165) is 22.8 Å². The molecule has 0 saturated carbocycles. The van der Waals surface area contributed by atoms with Crippen molar-refractivity contribution in [3.05, 3.63) is 94.5 Å². The van der Waals surface area contributed by atoms with Crippen molar-refractivity contribution in [3.8, 4) is 0 Å². The van der Waals surface area contributed by atoms with E-state index in [1.807, 2.05) is 36.1 Å². The molecule has 29 heavy (non-hydrogen) atoms. The molecule has 0 radical (unpaired) electrons. The molecule has 7 heteroatoms. The smallest absolute Gasteiger partial charge is 0.184 e. The monoisotopic (exact) mass is 410 g/mol. The van der Waals surface area contributed by atoms with Gasteiger partial charge < -0.3 is 4.90 Å². The molecule has 4 aromatic rings. The number of hydrogen-bond acceptors (Lipinski definition) is 4. The predicted octanol–water partition coefficient (Wildman–Crippen LogP) is 5.47. The summed E-state index contributed by atoms with van der Waals surface area (Å²) in [5.41, 5.74) is 3.08. The van der Waals surface area contributed by atoms with Gasteiger partial charge in [-0.25, -0.2) is 18.7 Å². The summed E-state index contributed by atoms with van der Waals surface area (Å²) in [6.07, 6.45) is 2.89. The molecule has 0 N–H and O–H groups in total. The lowest BCUT2D eigenvalue weighted by Gasteiger charge is -2.25. The lowest BCUT2D eigenvalue weighted by molar-refractivity contribution is 0.515. The quantitative estimate of drug-likeness (QED) is 0.409. The van der Waals surface area contributed by atoms with Gasteiger partial charge in [0.2, 0.25) is 0 Å². The van der Waals surface area contributed by atoms with Gasteiger partial charge in [0, 0.05) is 30.7 Å². The van der Waals surface area contributed by atoms with Crippen LogP contribution in [0.3, 0.4) is 0 Å². The van der Waals surface area contributed by atoms with Crippen LogP contribution in [0.4, 0.5) is 14.6 Å². The van der Waals surface area contributed by atoms with Gasteiger partial charge in [0.15, 0.2) is 11.6 Å². The predicted molar refractivity (Wildman–Crippen MR) is 110 cm³/mol. The Morgan fingerprint density at radius 1 is 0.931 bits per heavy atom. The summed E-state index contributed by atoms with van der Waals surface area (Å²) in [7, 11) is 0. The first-order chi connectivity index (χ1) is 14.0. The van der Waals surface area contributed by atoms with E-state index in [1.54, 1.807) is 18.2 Å². The molecule has 2 aromatic carbocycles. The molecule has 2 aromatic heterocycles. The minimum Gasteiger partial charge on any atom is -0.348 e. The van der Waals surface area contributed by atoms with Crippen molar-refractivity contribution in [2.75, 3.05) is 4.90 Å². The summed E-state index contributed by atoms with van der Waals surface area (Å²) in [6.45, 7) is 3.01. The summed E-state index contributed by atoms with van der Waals surface area (Å²) in [5.74, 6) is -1.22. The highest BCUT2D eigenvalue weighted by atomic mass is 35.5. The first-order valence-corrected chi connectivity index (χ1v) is 9.39. The van der Waals surface area contributed by atoms with Crippen molar-refractivity contribution in [2.45, 2.75) is 20.0 Å². The molecule has 4 rings (SSSR count). The minimum absolute atomic E-state index is 0.0130. The fourth-order valence-corrected chi connectivity index (χ4v) is 3.41. The highest BCUT2D eigenvalue weighted by Gasteiger charge is 2.16. The van der Waals surface area contributed by atoms with Crippen LogP contribution in [0.25, 0.3) is 10.9 Å². The van der Waals surface area contributed by atoms with E-state index in [2.05, 4.69) is 15.0 Å². The number of aromatic nitrogens is 3. The van der Waals surface area contributed by atoms with Crippen LogP contribution in [-0.4, -0.2) is 15.0 Å². The fraction of sp³-hybridized carbons (Fsp3) is 0.136. The van der Waals surface area contributed by atoms with Crippen molar-refractivity contribution in [3.63, 3.8) is 0 Å². The normalized spacial score (nSPS) is 11.0. The van der Waals surface area contributed by atoms with E-state index < -0.39 is 11.6 Å². The number of fused-ring (bicyclic) bond motifs is 1. The van der Waals surface area contributed by atoms with E-state index in [9.17, 15) is 8.78 Å². The highest BCUT2D eigenvalue weighted by molar-refractivity contribution is 6.29. The summed E-state index contributed by atoms with van der Waals surface area (Å²) in [6, 6.07) is 14.2. The Morgan fingerprint density at radius 3 is 2.52 bits per heavy atom. The summed E-state index contributed by atoms with van der Waals surface area (Å²) >= 11 is 6.08. The summed E-state index contributed by atoms with van der Waals surface area (Å²) < 4.78 is 27.8. The molecule has 0 fully saturated rings. The van der Waals surface area contributed by atoms with Crippen LogP contribution >= 0.6 is 11.6 Å². The van der Waals surface area contributed by atoms with Crippen LogP contribution < -0.4 is 4.90 Å². The van der Waals surface area contributed by atoms with Crippen LogP contribution in [0.1, 0.15) is 16.7 Å². The van der Waals surface area contributed by atoms with Gasteiger partial charge >= 0.3 is 0 Å². The third-order valence-corrected chi connectivity index (χ3v) is 5.03. The first-order valence-electron chi connectivity index (χ1n) is 9.01. The van der Waals surface area contributed by atoms with Crippen molar-refractivity contribution in [1.82, 2.24) is 15.0 Å². The molecular formula is C22H17ClF2N4. The number of anilines is 1. The minimum atomic E-state index is -0.945. The Labute approximate surface area is 171 Å². The van der Waals surface area contributed by atoms with E-state index in [1.165, 1.54) is 12.5 Å². The van der Waals surface area contributed by atoms with Crippen molar-refractivity contribution in [1.29, 1.82) is 0 Å². The zero-order valence-corrected chi connectivity index (χ0v) is 16.4. The van der Waals surface area contributed by atoms with Crippen molar-refractivity contribution in [2.24, 2.45) is 0 Å². The van der Waals surface area contributed by atoms with Crippen molar-refractivity contribution >= 4 is 28.3 Å². The fourth-order valence-electron chi connectivity index (χ4n) is 3.27. The zero-order chi connectivity index (χ0) is 20.4. The maximum absolute atomic E-state index is 14.2. The number of benzene rings is 2. The van der Waals surface area contributed by atoms with Gasteiger partial charge in [-0.15, -0.1) is 0 Å². The molecule has 0 aliphatic rings. The zero-order valence-electron chi connectivity index (χ0n) is 15.6. The number of rotatable bonds is 5. The molecule has 0 aliphatic heterocycles. The standard InChI is InChI=1S/C22H17ClF2N4/c1-14-4-2-3-5-15(14)11-29(20-10-19(23)27-13-28-20)12-16-8-9-26-22-17(16)6-7-18(24)21(22)25/h2-10,13H,11-12H2,1H3. The van der Waals surface area contributed by atoms with Gasteiger partial charge in [-0.05, 0) is 41.8 Å². The van der Waals surface area contributed by atoms with E-state index in [4.69, 9.17) is 11.6 Å². The van der Waals surface area contributed by atoms with Crippen LogP contribution in [-0.2, 0) is 13.1 Å². The van der Waals surface area contributed by atoms with Gasteiger partial charge in [-0.1, -0.05) is 35.9 Å². The molecule has 146 valence electrons. The average molecular weight is 411 g/mol. The van der Waals surface area contributed by atoms with Gasteiger partial charge in [-0.3, -0.25) is 4.98 Å². The Kier molecular flexibility index (Phi) is 5.36. The molecule has 2 heterocycles. The third kappa shape index (κ3) is 4.03. The van der Waals surface area contributed by atoms with E-state index >= 15 is 0 Å². The molecule has 0 atom stereocenters. The maximum atomic E-state index is 14.2. The number of nitrogens with zero attached hydrogens (tertiary/aromatic N) is 4. The second-order valence-corrected chi connectivity index (χ2v) is 7.10. The van der Waals surface area contributed by atoms with Gasteiger partial charge in [-0.2, -0.15) is 0 Å². The number of halogens is 3. The van der Waals surface area contributed by atoms with E-state index in [-0.39, 0.29) is 5.52 Å². The van der Waals surface area contributed by atoms with Crippen LogP contribution in [0.2, 0.25) is 5.15 Å². The Balaban J connectivity index is 1.77. The van der Waals surface area contributed by atoms with E-state index in [0.29, 0.717) is 29.4 Å². The second kappa shape index (κ2) is 8.09. The van der Waals surface area contributed by atoms with Gasteiger partial charge in [0.05, 0.1) is 0 Å². The average Bonchev–Trinajstić information content (AvgIpc) is 2.72. The first kappa shape index (κ1) is 19.2. The molecule has 0 aliphatic carbocycles. The molecule has 0 bridgehead atoms. The second-order valence-electron chi connectivity index (χ2n) is 6.71. The maximum Gasteiger partial charge on any atom is 0.184 e. The molecular weight excluding hydrogens is 394 g/mol. The van der Waals surface area contributed by atoms with Gasteiger partial charge in [0.25, 0.3) is 0 Å². The van der Waals surface area contributed by atoms with Crippen LogP contribution in [0, 0.1) is 18.6 Å². The molecule has 0 spiro atoms. The third-order valence-electron chi connectivity index (χ3n) is 4.82. The molecule has 0 amide bonds. The molecule has 4 nitrogen and oxygen atoms in total. The SMILES string of the molecule is Cc1ccccc1CN(Cc1ccnc2c(F)c(F)ccc12)c1cc(Cl)ncn1. The highest BCUT2D eigenvalue weighted by Crippen LogP contribution is 2.26. The summed E-state index contributed by atoms with van der Waals surface area (Å²) in [5, 5.41) is 0.888. The lowest BCUT2D eigenvalue weighted by Crippen LogP contribution is -2.24. The Hall–Kier alpha value is -3.12. The number of hydrogen-bond donors (Lipinski definition) is 0. The molecule has 0 saturated heterocycles. The van der Waals surface area contributed by atoms with Crippen LogP contribution in [0.5, 0.6) is 0 Å². The largest absolute Gasteiger partial charge is 0.348 e. The summed E-state index contributed by atoms with van der Waals surface area (Å²) in [4.78, 5) is 14.3. The Morgan fingerprint density at radius 2 is 1.72 bits per heavy atom. The number of aryl methyl sites for hydroxylation is 1. The molecule has 0 unspecified atom stereocenters. The van der Waals surface area contributed by atoms with Crippen molar-refractivity contribution < 1.29 is 8.78 Å². The van der Waals surface area contributed by atoms with Crippen LogP contribution in [0.15, 0.2) is 61.1 Å². The van der Waals surface area contributed by atoms with Gasteiger partial charge in [0.1, 0.15) is 22.8 Å². The number of pyridine rings is 1. The topological polar surface area (TPSA) is 41.9 Å². The lowest BCUT2D eigenvalue weighted by atomic mass is 10.1. The Bertz CT molecular complexity index is 1180.